The highest BCUT2D eigenvalue weighted by molar-refractivity contribution is 5.56. The van der Waals surface area contributed by atoms with Gasteiger partial charge in [0.25, 0.3) is 0 Å². The second-order valence-corrected chi connectivity index (χ2v) is 1.05. The summed E-state index contributed by atoms with van der Waals surface area (Å²) in [4.78, 5) is 13.1. The van der Waals surface area contributed by atoms with E-state index in [0.29, 0.717) is 0 Å². The summed E-state index contributed by atoms with van der Waals surface area (Å²) in [6.07, 6.45) is 0.745. The molecule has 0 aliphatic heterocycles. The largest absolute Gasteiger partial charge is 0.506 e. The van der Waals surface area contributed by atoms with Crippen LogP contribution < -0.4 is 0 Å². The van der Waals surface area contributed by atoms with Crippen LogP contribution in [0.15, 0.2) is 12.3 Å². The van der Waals surface area contributed by atoms with Gasteiger partial charge in [0.05, 0.1) is 0 Å². The second kappa shape index (κ2) is 4.92. The van der Waals surface area contributed by atoms with E-state index in [2.05, 4.69) is 9.62 Å². The molecule has 0 aromatic rings. The molecule has 0 aromatic carbocycles. The van der Waals surface area contributed by atoms with Crippen molar-refractivity contribution in [2.45, 2.75) is 0 Å². The van der Waals surface area contributed by atoms with Gasteiger partial charge in [-0.1, -0.05) is 0 Å². The molecule has 5 nitrogen and oxygen atoms in total. The van der Waals surface area contributed by atoms with Gasteiger partial charge in [-0.3, -0.25) is 0 Å². The molecular weight excluding hydrogens is 128 g/mol. The molecule has 52 valence electrons. The molecule has 2 N–H and O–H groups in total. The monoisotopic (exact) mass is 134 g/mol. The number of carbonyl (C=O) groups is 1. The lowest BCUT2D eigenvalue weighted by Gasteiger charge is -1.90. The third-order valence-corrected chi connectivity index (χ3v) is 0.460. The standard InChI is InChI=1S/C4H6O5/c5-4(6)8-2-1-3-9-7/h1,3,7H,2H2,(H,5,6). The molecule has 0 radical (unpaired) electrons. The normalized spacial score (nSPS) is 9.44. The maximum Gasteiger partial charge on any atom is 0.506 e. The zero-order chi connectivity index (χ0) is 7.11. The van der Waals surface area contributed by atoms with Crippen molar-refractivity contribution < 1.29 is 24.8 Å². The van der Waals surface area contributed by atoms with Gasteiger partial charge in [-0.25, -0.2) is 10.1 Å². The number of ether oxygens (including phenoxy) is 1. The van der Waals surface area contributed by atoms with Gasteiger partial charge in [0, 0.05) is 0 Å². The predicted octanol–water partition coefficient (Wildman–Crippen LogP) is 0.684. The molecule has 9 heavy (non-hydrogen) atoms. The fraction of sp³-hybridized carbons (Fsp3) is 0.250. The van der Waals surface area contributed by atoms with E-state index in [1.54, 1.807) is 0 Å². The summed E-state index contributed by atoms with van der Waals surface area (Å²) in [7, 11) is 0. The van der Waals surface area contributed by atoms with Gasteiger partial charge in [-0.2, -0.15) is 0 Å². The van der Waals surface area contributed by atoms with Gasteiger partial charge >= 0.3 is 6.16 Å². The van der Waals surface area contributed by atoms with Crippen LogP contribution in [-0.4, -0.2) is 23.1 Å². The third-order valence-electron chi connectivity index (χ3n) is 0.460. The molecule has 0 aromatic heterocycles. The first-order valence-electron chi connectivity index (χ1n) is 2.08. The van der Waals surface area contributed by atoms with Gasteiger partial charge in [0.2, 0.25) is 0 Å². The van der Waals surface area contributed by atoms with E-state index in [1.165, 1.54) is 6.08 Å². The minimum atomic E-state index is -1.36. The second-order valence-electron chi connectivity index (χ2n) is 1.05. The Hall–Kier alpha value is -1.23. The molecule has 0 fully saturated rings. The van der Waals surface area contributed by atoms with Crippen molar-refractivity contribution in [2.75, 3.05) is 6.61 Å². The molecule has 0 rings (SSSR count). The molecule has 0 atom stereocenters. The highest BCUT2D eigenvalue weighted by Crippen LogP contribution is 1.77. The van der Waals surface area contributed by atoms with E-state index < -0.39 is 6.16 Å². The summed E-state index contributed by atoms with van der Waals surface area (Å²) in [6, 6.07) is 0. The first-order chi connectivity index (χ1) is 4.27. The molecule has 5 heteroatoms. The van der Waals surface area contributed by atoms with Crippen LogP contribution in [0.1, 0.15) is 0 Å². The summed E-state index contributed by atoms with van der Waals surface area (Å²) >= 11 is 0. The zero-order valence-electron chi connectivity index (χ0n) is 4.48. The quantitative estimate of drug-likeness (QED) is 0.257. The first-order valence-corrected chi connectivity index (χ1v) is 2.08. The number of hydrogen-bond acceptors (Lipinski definition) is 4. The Balaban J connectivity index is 3.09. The fourth-order valence-corrected chi connectivity index (χ4v) is 0.202. The first kappa shape index (κ1) is 7.77. The average Bonchev–Trinajstić information content (AvgIpc) is 1.80. The molecule has 0 unspecified atom stereocenters. The van der Waals surface area contributed by atoms with E-state index >= 15 is 0 Å². The average molecular weight is 134 g/mol. The van der Waals surface area contributed by atoms with E-state index in [-0.39, 0.29) is 6.61 Å². The predicted molar refractivity (Wildman–Crippen MR) is 26.8 cm³/mol. The van der Waals surface area contributed by atoms with E-state index in [1.807, 2.05) is 0 Å². The summed E-state index contributed by atoms with van der Waals surface area (Å²) in [5, 5.41) is 15.5. The molecule has 0 heterocycles. The van der Waals surface area contributed by atoms with Gasteiger partial charge in [0.1, 0.15) is 12.9 Å². The molecule has 0 saturated heterocycles. The van der Waals surface area contributed by atoms with Gasteiger partial charge < -0.3 is 14.7 Å². The Labute approximate surface area is 51.1 Å². The van der Waals surface area contributed by atoms with Crippen LogP contribution in [0.2, 0.25) is 0 Å². The molecule has 0 aliphatic carbocycles. The van der Waals surface area contributed by atoms with Crippen molar-refractivity contribution in [3.05, 3.63) is 12.3 Å². The topological polar surface area (TPSA) is 76.0 Å². The highest BCUT2D eigenvalue weighted by Gasteiger charge is 1.89. The molecule has 0 bridgehead atoms. The van der Waals surface area contributed by atoms with Crippen LogP contribution in [-0.2, 0) is 9.62 Å². The number of carboxylic acid groups (broad SMARTS) is 1. The van der Waals surface area contributed by atoms with Crippen LogP contribution in [0.4, 0.5) is 4.79 Å². The van der Waals surface area contributed by atoms with Gasteiger partial charge in [-0.05, 0) is 6.08 Å². The molecule has 0 spiro atoms. The van der Waals surface area contributed by atoms with Crippen LogP contribution in [0.5, 0.6) is 0 Å². The SMILES string of the molecule is O=C(O)OCC=COO. The minimum absolute atomic E-state index is 0.129. The lowest BCUT2D eigenvalue weighted by atomic mass is 10.7. The van der Waals surface area contributed by atoms with Crippen molar-refractivity contribution in [1.82, 2.24) is 0 Å². The smallest absolute Gasteiger partial charge is 0.450 e. The number of hydrogen-bond donors (Lipinski definition) is 2. The number of rotatable bonds is 3. The van der Waals surface area contributed by atoms with Crippen molar-refractivity contribution in [3.8, 4) is 0 Å². The minimum Gasteiger partial charge on any atom is -0.450 e. The molecule has 0 saturated carbocycles. The molecule has 0 aliphatic rings. The Morgan fingerprint density at radius 3 is 2.78 bits per heavy atom. The Bertz CT molecular complexity index is 108. The summed E-state index contributed by atoms with van der Waals surface area (Å²) in [6.45, 7) is -0.129. The van der Waals surface area contributed by atoms with Crippen molar-refractivity contribution in [3.63, 3.8) is 0 Å². The summed E-state index contributed by atoms with van der Waals surface area (Å²) in [5.74, 6) is 0. The Morgan fingerprint density at radius 2 is 2.33 bits per heavy atom. The van der Waals surface area contributed by atoms with Crippen LogP contribution >= 0.6 is 0 Å². The maximum atomic E-state index is 9.60. The maximum absolute atomic E-state index is 9.60. The van der Waals surface area contributed by atoms with Gasteiger partial charge in [-0.15, -0.1) is 0 Å². The summed E-state index contributed by atoms with van der Waals surface area (Å²) < 4.78 is 3.98. The Kier molecular flexibility index (Phi) is 4.25. The third kappa shape index (κ3) is 6.77. The zero-order valence-corrected chi connectivity index (χ0v) is 4.48. The summed E-state index contributed by atoms with van der Waals surface area (Å²) in [5.41, 5.74) is 0. The van der Waals surface area contributed by atoms with Crippen molar-refractivity contribution >= 4 is 6.16 Å². The molecule has 0 amide bonds. The van der Waals surface area contributed by atoms with Crippen molar-refractivity contribution in [1.29, 1.82) is 0 Å². The fourth-order valence-electron chi connectivity index (χ4n) is 0.202. The van der Waals surface area contributed by atoms with Gasteiger partial charge in [0.15, 0.2) is 0 Å². The van der Waals surface area contributed by atoms with Crippen LogP contribution in [0.25, 0.3) is 0 Å². The Morgan fingerprint density at radius 1 is 1.67 bits per heavy atom. The lowest BCUT2D eigenvalue weighted by molar-refractivity contribution is -0.187. The van der Waals surface area contributed by atoms with Crippen molar-refractivity contribution in [2.24, 2.45) is 0 Å². The van der Waals surface area contributed by atoms with Crippen LogP contribution in [0, 0.1) is 0 Å². The van der Waals surface area contributed by atoms with E-state index in [9.17, 15) is 4.79 Å². The van der Waals surface area contributed by atoms with Crippen LogP contribution in [0.3, 0.4) is 0 Å². The lowest BCUT2D eigenvalue weighted by Crippen LogP contribution is -1.98. The highest BCUT2D eigenvalue weighted by atomic mass is 17.1. The van der Waals surface area contributed by atoms with E-state index in [0.717, 1.165) is 6.26 Å². The molecular formula is C4H6O5. The van der Waals surface area contributed by atoms with E-state index in [4.69, 9.17) is 10.4 Å².